The number of H-pyrrole nitrogens is 1. The largest absolute Gasteiger partial charge is 0.375 e. The Morgan fingerprint density at radius 2 is 2.20 bits per heavy atom. The fourth-order valence-electron chi connectivity index (χ4n) is 3.01. The van der Waals surface area contributed by atoms with Gasteiger partial charge in [-0.05, 0) is 44.7 Å². The molecule has 20 heavy (non-hydrogen) atoms. The molecule has 0 saturated heterocycles. The lowest BCUT2D eigenvalue weighted by Crippen LogP contribution is -2.22. The van der Waals surface area contributed by atoms with Crippen molar-refractivity contribution < 1.29 is 0 Å². The van der Waals surface area contributed by atoms with E-state index in [0.717, 1.165) is 42.0 Å². The Kier molecular flexibility index (Phi) is 3.12. The summed E-state index contributed by atoms with van der Waals surface area (Å²) in [5, 5.41) is 8.05. The van der Waals surface area contributed by atoms with Crippen LogP contribution in [-0.4, -0.2) is 14.8 Å². The van der Waals surface area contributed by atoms with Crippen molar-refractivity contribution in [3.05, 3.63) is 45.1 Å². The minimum atomic E-state index is -0.0156. The normalized spacial score (nSPS) is 17.9. The quantitative estimate of drug-likeness (QED) is 0.881. The molecule has 1 aliphatic carbocycles. The third-order valence-corrected chi connectivity index (χ3v) is 4.16. The molecule has 2 N–H and O–H groups in total. The summed E-state index contributed by atoms with van der Waals surface area (Å²) in [5.74, 6) is 0. The first-order chi connectivity index (χ1) is 9.56. The maximum absolute atomic E-state index is 11.4. The Bertz CT molecular complexity index is 698. The molecule has 0 bridgehead atoms. The van der Waals surface area contributed by atoms with Gasteiger partial charge in [-0.2, -0.15) is 5.10 Å². The van der Waals surface area contributed by atoms with Gasteiger partial charge < -0.3 is 10.3 Å². The van der Waals surface area contributed by atoms with Crippen LogP contribution in [0.1, 0.15) is 41.5 Å². The van der Waals surface area contributed by atoms with E-state index in [0.29, 0.717) is 0 Å². The molecule has 5 heteroatoms. The van der Waals surface area contributed by atoms with Crippen LogP contribution in [0.5, 0.6) is 0 Å². The van der Waals surface area contributed by atoms with Crippen LogP contribution >= 0.6 is 0 Å². The average molecular weight is 272 g/mol. The average Bonchev–Trinajstić information content (AvgIpc) is 2.65. The number of fused-ring (bicyclic) bond motifs is 1. The van der Waals surface area contributed by atoms with Gasteiger partial charge in [0.05, 0.1) is 23.1 Å². The predicted molar refractivity (Wildman–Crippen MR) is 79.0 cm³/mol. The van der Waals surface area contributed by atoms with E-state index in [1.807, 2.05) is 24.7 Å². The zero-order valence-corrected chi connectivity index (χ0v) is 12.2. The van der Waals surface area contributed by atoms with E-state index in [4.69, 9.17) is 0 Å². The molecule has 0 fully saturated rings. The van der Waals surface area contributed by atoms with E-state index in [-0.39, 0.29) is 11.6 Å². The molecule has 0 spiro atoms. The zero-order chi connectivity index (χ0) is 14.3. The molecule has 0 amide bonds. The number of aryl methyl sites for hydroxylation is 3. The fourth-order valence-corrected chi connectivity index (χ4v) is 3.01. The van der Waals surface area contributed by atoms with Gasteiger partial charge in [0.25, 0.3) is 0 Å². The van der Waals surface area contributed by atoms with Gasteiger partial charge in [0.2, 0.25) is 5.56 Å². The molecule has 1 unspecified atom stereocenters. The number of aromatic amines is 1. The Morgan fingerprint density at radius 1 is 1.40 bits per heavy atom. The van der Waals surface area contributed by atoms with Crippen LogP contribution in [0.2, 0.25) is 0 Å². The van der Waals surface area contributed by atoms with Gasteiger partial charge in [-0.3, -0.25) is 9.48 Å². The van der Waals surface area contributed by atoms with Crippen molar-refractivity contribution in [2.24, 2.45) is 7.05 Å². The van der Waals surface area contributed by atoms with Gasteiger partial charge in [0.15, 0.2) is 0 Å². The molecule has 2 heterocycles. The minimum Gasteiger partial charge on any atom is -0.375 e. The Hall–Kier alpha value is -2.04. The molecule has 1 atom stereocenters. The molecule has 0 aromatic carbocycles. The summed E-state index contributed by atoms with van der Waals surface area (Å²) >= 11 is 0. The first-order valence-corrected chi connectivity index (χ1v) is 7.05. The van der Waals surface area contributed by atoms with E-state index in [1.54, 1.807) is 6.07 Å². The lowest BCUT2D eigenvalue weighted by Gasteiger charge is -2.26. The van der Waals surface area contributed by atoms with Crippen molar-refractivity contribution in [1.82, 2.24) is 14.8 Å². The third kappa shape index (κ3) is 2.13. The number of rotatable bonds is 2. The van der Waals surface area contributed by atoms with Gasteiger partial charge >= 0.3 is 0 Å². The van der Waals surface area contributed by atoms with Gasteiger partial charge in [-0.1, -0.05) is 0 Å². The molecule has 2 aromatic rings. The van der Waals surface area contributed by atoms with E-state index in [2.05, 4.69) is 22.3 Å². The Balaban J connectivity index is 1.95. The lowest BCUT2D eigenvalue weighted by atomic mass is 9.91. The van der Waals surface area contributed by atoms with Crippen LogP contribution in [0, 0.1) is 13.8 Å². The fraction of sp³-hybridized carbons (Fsp3) is 0.467. The summed E-state index contributed by atoms with van der Waals surface area (Å²) in [6.07, 6.45) is 3.12. The number of nitrogens with zero attached hydrogens (tertiary/aromatic N) is 2. The highest BCUT2D eigenvalue weighted by atomic mass is 16.1. The highest BCUT2D eigenvalue weighted by Crippen LogP contribution is 2.32. The summed E-state index contributed by atoms with van der Waals surface area (Å²) < 4.78 is 1.90. The molecule has 5 nitrogen and oxygen atoms in total. The maximum Gasteiger partial charge on any atom is 0.248 e. The first-order valence-electron chi connectivity index (χ1n) is 7.05. The van der Waals surface area contributed by atoms with Gasteiger partial charge in [0.1, 0.15) is 0 Å². The van der Waals surface area contributed by atoms with Crippen LogP contribution in [0.25, 0.3) is 0 Å². The number of nitrogens with one attached hydrogen (secondary N) is 2. The smallest absolute Gasteiger partial charge is 0.248 e. The second kappa shape index (κ2) is 4.81. The second-order valence-electron chi connectivity index (χ2n) is 5.52. The number of hydrogen-bond donors (Lipinski definition) is 2. The molecule has 2 aromatic heterocycles. The van der Waals surface area contributed by atoms with Crippen molar-refractivity contribution in [2.75, 3.05) is 5.32 Å². The Morgan fingerprint density at radius 3 is 2.90 bits per heavy atom. The highest BCUT2D eigenvalue weighted by Gasteiger charge is 2.22. The van der Waals surface area contributed by atoms with E-state index in [1.165, 1.54) is 5.56 Å². The van der Waals surface area contributed by atoms with Gasteiger partial charge in [-0.15, -0.1) is 0 Å². The molecular formula is C15H20N4O. The van der Waals surface area contributed by atoms with Gasteiger partial charge in [0, 0.05) is 18.8 Å². The number of pyridine rings is 1. The molecule has 3 rings (SSSR count). The summed E-state index contributed by atoms with van der Waals surface area (Å²) in [6, 6.07) is 3.81. The van der Waals surface area contributed by atoms with Crippen molar-refractivity contribution in [3.8, 4) is 0 Å². The molecule has 106 valence electrons. The van der Waals surface area contributed by atoms with Crippen LogP contribution in [0.4, 0.5) is 5.69 Å². The first kappa shape index (κ1) is 13.0. The van der Waals surface area contributed by atoms with E-state index < -0.39 is 0 Å². The van der Waals surface area contributed by atoms with Crippen molar-refractivity contribution in [3.63, 3.8) is 0 Å². The minimum absolute atomic E-state index is 0.0156. The van der Waals surface area contributed by atoms with Crippen molar-refractivity contribution >= 4 is 5.69 Å². The standard InChI is InChI=1S/C15H20N4O/c1-9-15(10(2)19(3)18-9)17-13-6-4-5-12-11(13)7-8-14(20)16-12/h7-8,13,17H,4-6H2,1-3H3,(H,16,20). The van der Waals surface area contributed by atoms with Crippen LogP contribution in [0.15, 0.2) is 16.9 Å². The zero-order valence-electron chi connectivity index (χ0n) is 12.2. The molecular weight excluding hydrogens is 252 g/mol. The highest BCUT2D eigenvalue weighted by molar-refractivity contribution is 5.54. The SMILES string of the molecule is Cc1nn(C)c(C)c1NC1CCCc2[nH]c(=O)ccc21. The second-order valence-corrected chi connectivity index (χ2v) is 5.52. The van der Waals surface area contributed by atoms with Crippen LogP contribution < -0.4 is 10.9 Å². The summed E-state index contributed by atoms with van der Waals surface area (Å²) in [7, 11) is 1.96. The summed E-state index contributed by atoms with van der Waals surface area (Å²) in [5.41, 5.74) is 5.52. The van der Waals surface area contributed by atoms with E-state index >= 15 is 0 Å². The van der Waals surface area contributed by atoms with E-state index in [9.17, 15) is 4.79 Å². The molecule has 0 aliphatic heterocycles. The maximum atomic E-state index is 11.4. The summed E-state index contributed by atoms with van der Waals surface area (Å²) in [6.45, 7) is 4.09. The number of hydrogen-bond acceptors (Lipinski definition) is 3. The van der Waals surface area contributed by atoms with Gasteiger partial charge in [-0.25, -0.2) is 0 Å². The molecule has 1 aliphatic rings. The molecule has 0 radical (unpaired) electrons. The number of aromatic nitrogens is 3. The number of anilines is 1. The monoisotopic (exact) mass is 272 g/mol. The molecule has 0 saturated carbocycles. The Labute approximate surface area is 118 Å². The summed E-state index contributed by atoms with van der Waals surface area (Å²) in [4.78, 5) is 14.4. The lowest BCUT2D eigenvalue weighted by molar-refractivity contribution is 0.586. The van der Waals surface area contributed by atoms with Crippen LogP contribution in [-0.2, 0) is 13.5 Å². The van der Waals surface area contributed by atoms with Crippen LogP contribution in [0.3, 0.4) is 0 Å². The van der Waals surface area contributed by atoms with Crippen molar-refractivity contribution in [1.29, 1.82) is 0 Å². The topological polar surface area (TPSA) is 62.7 Å². The third-order valence-electron chi connectivity index (χ3n) is 4.16. The van der Waals surface area contributed by atoms with Crippen molar-refractivity contribution in [2.45, 2.75) is 39.2 Å². The predicted octanol–water partition coefficient (Wildman–Crippen LogP) is 2.21.